The lowest BCUT2D eigenvalue weighted by Gasteiger charge is -2.39. The Balaban J connectivity index is 0. The number of nitrogens with two attached hydrogens (primary N) is 1. The molecule has 0 fully saturated rings. The number of benzene rings is 1. The molecule has 0 aliphatic heterocycles. The molecule has 0 heterocycles. The minimum absolute atomic E-state index is 0. The van der Waals surface area contributed by atoms with Gasteiger partial charge in [0.1, 0.15) is 0 Å². The number of rotatable bonds is 13. The molecule has 1 atom stereocenters. The Morgan fingerprint density at radius 3 is 1.52 bits per heavy atom. The molecule has 0 saturated carbocycles. The van der Waals surface area contributed by atoms with Gasteiger partial charge in [-0.25, -0.2) is 0 Å². The topological polar surface area (TPSA) is 46.2 Å². The van der Waals surface area contributed by atoms with E-state index in [0.717, 1.165) is 0 Å². The number of aliphatic hydroxyl groups is 1. The lowest BCUT2D eigenvalue weighted by molar-refractivity contribution is -0.929. The summed E-state index contributed by atoms with van der Waals surface area (Å²) in [6, 6.07) is 5.07. The molecular weight excluding hydrogens is 387 g/mol. The SMILES string of the molecule is CC(O)c1ccc(N)cc1Cl.CCCC[N+](CCCC)(CCCC)CCCC.[F-]. The van der Waals surface area contributed by atoms with Crippen LogP contribution in [0.2, 0.25) is 5.02 Å². The van der Waals surface area contributed by atoms with Gasteiger partial charge >= 0.3 is 0 Å². The molecule has 0 amide bonds. The molecule has 172 valence electrons. The van der Waals surface area contributed by atoms with Crippen LogP contribution in [-0.4, -0.2) is 35.8 Å². The van der Waals surface area contributed by atoms with Gasteiger partial charge in [0.15, 0.2) is 0 Å². The second-order valence-electron chi connectivity index (χ2n) is 8.11. The van der Waals surface area contributed by atoms with E-state index in [1.165, 1.54) is 82.0 Å². The van der Waals surface area contributed by atoms with E-state index in [1.54, 1.807) is 25.1 Å². The van der Waals surface area contributed by atoms with Crippen molar-refractivity contribution < 1.29 is 14.3 Å². The molecule has 1 aromatic rings. The Hall–Kier alpha value is -0.840. The first-order chi connectivity index (χ1) is 13.4. The molecule has 1 unspecified atom stereocenters. The number of hydrogen-bond donors (Lipinski definition) is 2. The van der Waals surface area contributed by atoms with Crippen molar-refractivity contribution in [2.45, 2.75) is 92.1 Å². The van der Waals surface area contributed by atoms with Crippen molar-refractivity contribution >= 4 is 17.3 Å². The van der Waals surface area contributed by atoms with E-state index in [0.29, 0.717) is 16.3 Å². The van der Waals surface area contributed by atoms with Crippen LogP contribution >= 0.6 is 11.6 Å². The van der Waals surface area contributed by atoms with Gasteiger partial charge in [0.25, 0.3) is 0 Å². The van der Waals surface area contributed by atoms with Gasteiger partial charge in [-0.2, -0.15) is 0 Å². The molecule has 0 aromatic heterocycles. The summed E-state index contributed by atoms with van der Waals surface area (Å²) in [4.78, 5) is 0. The van der Waals surface area contributed by atoms with Crippen LogP contribution in [0.5, 0.6) is 0 Å². The van der Waals surface area contributed by atoms with Gasteiger partial charge in [-0.1, -0.05) is 71.0 Å². The summed E-state index contributed by atoms with van der Waals surface area (Å²) in [5.74, 6) is 0. The summed E-state index contributed by atoms with van der Waals surface area (Å²) >= 11 is 5.78. The van der Waals surface area contributed by atoms with Crippen LogP contribution in [0.4, 0.5) is 5.69 Å². The largest absolute Gasteiger partial charge is 1.00 e. The van der Waals surface area contributed by atoms with E-state index < -0.39 is 6.10 Å². The molecule has 0 aliphatic carbocycles. The summed E-state index contributed by atoms with van der Waals surface area (Å²) in [5.41, 5.74) is 6.78. The van der Waals surface area contributed by atoms with Gasteiger partial charge < -0.3 is 20.0 Å². The molecule has 0 radical (unpaired) electrons. The first kappa shape index (κ1) is 30.4. The van der Waals surface area contributed by atoms with Crippen molar-refractivity contribution in [2.24, 2.45) is 0 Å². The normalized spacial score (nSPS) is 12.0. The molecule has 0 spiro atoms. The molecule has 1 aromatic carbocycles. The molecule has 0 saturated heterocycles. The third kappa shape index (κ3) is 13.1. The highest BCUT2D eigenvalue weighted by Crippen LogP contribution is 2.24. The molecule has 5 heteroatoms. The molecular formula is C24H46ClFN2O. The van der Waals surface area contributed by atoms with Crippen LogP contribution < -0.4 is 10.4 Å². The highest BCUT2D eigenvalue weighted by atomic mass is 35.5. The lowest BCUT2D eigenvalue weighted by Crippen LogP contribution is -3.00. The monoisotopic (exact) mass is 432 g/mol. The van der Waals surface area contributed by atoms with Crippen molar-refractivity contribution in [2.75, 3.05) is 31.9 Å². The van der Waals surface area contributed by atoms with E-state index in [-0.39, 0.29) is 4.70 Å². The first-order valence-electron chi connectivity index (χ1n) is 11.4. The minimum Gasteiger partial charge on any atom is -1.00 e. The molecule has 0 bridgehead atoms. The quantitative estimate of drug-likeness (QED) is 0.365. The highest BCUT2D eigenvalue weighted by molar-refractivity contribution is 6.31. The first-order valence-corrected chi connectivity index (χ1v) is 11.8. The number of hydrogen-bond acceptors (Lipinski definition) is 2. The number of halogens is 2. The summed E-state index contributed by atoms with van der Waals surface area (Å²) in [5, 5.41) is 9.68. The fraction of sp³-hybridized carbons (Fsp3) is 0.750. The zero-order chi connectivity index (χ0) is 21.4. The number of quaternary nitrogens is 1. The number of unbranched alkanes of at least 4 members (excludes halogenated alkanes) is 4. The van der Waals surface area contributed by atoms with Crippen molar-refractivity contribution in [3.05, 3.63) is 28.8 Å². The van der Waals surface area contributed by atoms with Crippen LogP contribution in [0.1, 0.15) is 97.7 Å². The van der Waals surface area contributed by atoms with E-state index in [2.05, 4.69) is 27.7 Å². The van der Waals surface area contributed by atoms with Gasteiger partial charge in [-0.05, 0) is 50.3 Å². The number of nitrogens with zero attached hydrogens (tertiary/aromatic N) is 1. The minimum atomic E-state index is -0.539. The van der Waals surface area contributed by atoms with Crippen LogP contribution in [0, 0.1) is 0 Å². The molecule has 29 heavy (non-hydrogen) atoms. The Labute approximate surface area is 184 Å². The van der Waals surface area contributed by atoms with Gasteiger partial charge in [0, 0.05) is 10.7 Å². The molecule has 1 rings (SSSR count). The van der Waals surface area contributed by atoms with Gasteiger partial charge in [-0.3, -0.25) is 0 Å². The second kappa shape index (κ2) is 18.0. The average molecular weight is 433 g/mol. The smallest absolute Gasteiger partial charge is 0.0786 e. The molecule has 3 nitrogen and oxygen atoms in total. The van der Waals surface area contributed by atoms with Gasteiger partial charge in [0.2, 0.25) is 0 Å². The van der Waals surface area contributed by atoms with Crippen LogP contribution in [0.25, 0.3) is 0 Å². The lowest BCUT2D eigenvalue weighted by atomic mass is 10.1. The zero-order valence-electron chi connectivity index (χ0n) is 19.5. The van der Waals surface area contributed by atoms with Crippen molar-refractivity contribution in [1.29, 1.82) is 0 Å². The number of nitrogen functional groups attached to an aromatic ring is 1. The fourth-order valence-electron chi connectivity index (χ4n) is 3.53. The number of anilines is 1. The van der Waals surface area contributed by atoms with Crippen LogP contribution in [0.3, 0.4) is 0 Å². The maximum Gasteiger partial charge on any atom is 0.0786 e. The standard InChI is InChI=1S/C16H36N.C8H10ClNO.FH/c1-5-9-13-17(14-10-6-2,15-11-7-3)16-12-8-4;1-5(11)7-3-2-6(10)4-8(7)9;/h5-16H2,1-4H3;2-5,11H,10H2,1H3;1H/q+1;;/p-1. The van der Waals surface area contributed by atoms with Crippen LogP contribution in [-0.2, 0) is 0 Å². The Bertz CT molecular complexity index is 474. The predicted molar refractivity (Wildman–Crippen MR) is 126 cm³/mol. The fourth-order valence-corrected chi connectivity index (χ4v) is 3.87. The molecule has 0 aliphatic rings. The summed E-state index contributed by atoms with van der Waals surface area (Å²) in [7, 11) is 0. The van der Waals surface area contributed by atoms with E-state index in [1.807, 2.05) is 0 Å². The Morgan fingerprint density at radius 1 is 0.862 bits per heavy atom. The summed E-state index contributed by atoms with van der Waals surface area (Å²) in [6.07, 6.45) is 10.5. The maximum atomic E-state index is 9.17. The van der Waals surface area contributed by atoms with Gasteiger partial charge in [-0.15, -0.1) is 0 Å². The van der Waals surface area contributed by atoms with E-state index >= 15 is 0 Å². The highest BCUT2D eigenvalue weighted by Gasteiger charge is 2.24. The van der Waals surface area contributed by atoms with Crippen molar-refractivity contribution in [3.63, 3.8) is 0 Å². The van der Waals surface area contributed by atoms with E-state index in [9.17, 15) is 5.11 Å². The Kier molecular flexibility index (Phi) is 18.8. The van der Waals surface area contributed by atoms with E-state index in [4.69, 9.17) is 17.3 Å². The maximum absolute atomic E-state index is 9.17. The average Bonchev–Trinajstić information content (AvgIpc) is 2.67. The predicted octanol–water partition coefficient (Wildman–Crippen LogP) is 3.98. The third-order valence-corrected chi connectivity index (χ3v) is 5.75. The van der Waals surface area contributed by atoms with Gasteiger partial charge in [0.05, 0.1) is 32.3 Å². The van der Waals surface area contributed by atoms with Crippen LogP contribution in [0.15, 0.2) is 18.2 Å². The third-order valence-electron chi connectivity index (χ3n) is 5.42. The number of aliphatic hydroxyl groups excluding tert-OH is 1. The summed E-state index contributed by atoms with van der Waals surface area (Å²) < 4.78 is 1.42. The second-order valence-corrected chi connectivity index (χ2v) is 8.51. The Morgan fingerprint density at radius 2 is 1.24 bits per heavy atom. The summed E-state index contributed by atoms with van der Waals surface area (Å²) in [6.45, 7) is 16.7. The van der Waals surface area contributed by atoms with Crippen molar-refractivity contribution in [1.82, 2.24) is 0 Å². The zero-order valence-corrected chi connectivity index (χ0v) is 20.3. The molecule has 3 N–H and O–H groups in total. The van der Waals surface area contributed by atoms with Crippen molar-refractivity contribution in [3.8, 4) is 0 Å².